The van der Waals surface area contributed by atoms with E-state index < -0.39 is 0 Å². The average Bonchev–Trinajstić information content (AvgIpc) is 2.44. The molecular weight excluding hydrogens is 250 g/mol. The molecule has 0 aromatic heterocycles. The minimum Gasteiger partial charge on any atom is -0.377 e. The molecule has 0 saturated carbocycles. The number of hydrogen-bond donors (Lipinski definition) is 1. The average molecular weight is 277 g/mol. The lowest BCUT2D eigenvalue weighted by Crippen LogP contribution is -2.23. The second-order valence-electron chi connectivity index (χ2n) is 5.53. The van der Waals surface area contributed by atoms with Gasteiger partial charge in [-0.2, -0.15) is 0 Å². The fourth-order valence-corrected chi connectivity index (χ4v) is 1.90. The van der Waals surface area contributed by atoms with Crippen molar-refractivity contribution >= 4 is 5.91 Å². The summed E-state index contributed by atoms with van der Waals surface area (Å²) >= 11 is 0. The normalized spacial score (nSPS) is 10.8. The Morgan fingerprint density at radius 2 is 1.95 bits per heavy atom. The van der Waals surface area contributed by atoms with E-state index in [-0.39, 0.29) is 5.91 Å². The van der Waals surface area contributed by atoms with Crippen molar-refractivity contribution in [3.63, 3.8) is 0 Å². The van der Waals surface area contributed by atoms with Gasteiger partial charge in [0.05, 0.1) is 6.61 Å². The van der Waals surface area contributed by atoms with Crippen molar-refractivity contribution < 1.29 is 9.53 Å². The van der Waals surface area contributed by atoms with Crippen LogP contribution >= 0.6 is 0 Å². The summed E-state index contributed by atoms with van der Waals surface area (Å²) in [7, 11) is 0. The van der Waals surface area contributed by atoms with Gasteiger partial charge in [-0.3, -0.25) is 4.79 Å². The van der Waals surface area contributed by atoms with E-state index in [1.807, 2.05) is 18.2 Å². The summed E-state index contributed by atoms with van der Waals surface area (Å²) in [6.45, 7) is 8.34. The van der Waals surface area contributed by atoms with Gasteiger partial charge in [-0.15, -0.1) is 0 Å². The van der Waals surface area contributed by atoms with E-state index in [2.05, 4.69) is 32.2 Å². The molecule has 0 spiro atoms. The molecule has 112 valence electrons. The van der Waals surface area contributed by atoms with Gasteiger partial charge < -0.3 is 10.1 Å². The predicted molar refractivity (Wildman–Crippen MR) is 82.3 cm³/mol. The minimum absolute atomic E-state index is 0.128. The first-order valence-electron chi connectivity index (χ1n) is 7.54. The zero-order valence-corrected chi connectivity index (χ0v) is 12.9. The van der Waals surface area contributed by atoms with E-state index in [1.165, 1.54) is 0 Å². The molecule has 0 radical (unpaired) electrons. The molecule has 1 rings (SSSR count). The van der Waals surface area contributed by atoms with E-state index in [0.717, 1.165) is 30.6 Å². The highest BCUT2D eigenvalue weighted by atomic mass is 16.5. The van der Waals surface area contributed by atoms with Crippen molar-refractivity contribution in [2.45, 2.75) is 53.2 Å². The van der Waals surface area contributed by atoms with E-state index in [0.29, 0.717) is 25.5 Å². The molecule has 0 fully saturated rings. The van der Waals surface area contributed by atoms with E-state index in [1.54, 1.807) is 0 Å². The first-order chi connectivity index (χ1) is 9.63. The van der Waals surface area contributed by atoms with Crippen LogP contribution in [0.25, 0.3) is 0 Å². The summed E-state index contributed by atoms with van der Waals surface area (Å²) in [6, 6.07) is 8.12. The number of carbonyl (C=O) groups is 1. The van der Waals surface area contributed by atoms with Crippen LogP contribution in [-0.2, 0) is 22.7 Å². The largest absolute Gasteiger partial charge is 0.377 e. The number of carbonyl (C=O) groups excluding carboxylic acids is 1. The van der Waals surface area contributed by atoms with Crippen LogP contribution < -0.4 is 5.32 Å². The first-order valence-corrected chi connectivity index (χ1v) is 7.54. The first kappa shape index (κ1) is 16.7. The molecule has 0 aliphatic carbocycles. The summed E-state index contributed by atoms with van der Waals surface area (Å²) in [4.78, 5) is 11.8. The maximum Gasteiger partial charge on any atom is 0.220 e. The van der Waals surface area contributed by atoms with Gasteiger partial charge >= 0.3 is 0 Å². The predicted octanol–water partition coefficient (Wildman–Crippen LogP) is 3.67. The molecule has 3 heteroatoms. The number of nitrogens with one attached hydrogen (secondary N) is 1. The van der Waals surface area contributed by atoms with Gasteiger partial charge in [0.1, 0.15) is 0 Å². The quantitative estimate of drug-likeness (QED) is 0.699. The molecule has 3 nitrogen and oxygen atoms in total. The van der Waals surface area contributed by atoms with E-state index in [9.17, 15) is 4.79 Å². The molecule has 1 aromatic carbocycles. The van der Waals surface area contributed by atoms with Crippen LogP contribution in [0.2, 0.25) is 0 Å². The van der Waals surface area contributed by atoms with Crippen LogP contribution in [0, 0.1) is 5.92 Å². The molecule has 0 heterocycles. The molecular formula is C17H27NO2. The second-order valence-corrected chi connectivity index (χ2v) is 5.53. The Labute approximate surface area is 122 Å². The molecule has 20 heavy (non-hydrogen) atoms. The van der Waals surface area contributed by atoms with Crippen molar-refractivity contribution in [2.75, 3.05) is 6.61 Å². The van der Waals surface area contributed by atoms with Gasteiger partial charge in [0.25, 0.3) is 0 Å². The topological polar surface area (TPSA) is 38.3 Å². The smallest absolute Gasteiger partial charge is 0.220 e. The van der Waals surface area contributed by atoms with Crippen LogP contribution in [0.5, 0.6) is 0 Å². The number of ether oxygens (including phenoxy) is 1. The molecule has 0 unspecified atom stereocenters. The minimum atomic E-state index is 0.128. The monoisotopic (exact) mass is 277 g/mol. The Morgan fingerprint density at radius 3 is 2.60 bits per heavy atom. The fourth-order valence-electron chi connectivity index (χ4n) is 1.90. The van der Waals surface area contributed by atoms with Gasteiger partial charge in [-0.25, -0.2) is 0 Å². The highest BCUT2D eigenvalue weighted by Crippen LogP contribution is 2.11. The summed E-state index contributed by atoms with van der Waals surface area (Å²) in [5.41, 5.74) is 2.30. The summed E-state index contributed by atoms with van der Waals surface area (Å²) in [6.07, 6.45) is 2.56. The highest BCUT2D eigenvalue weighted by Gasteiger charge is 2.06. The highest BCUT2D eigenvalue weighted by molar-refractivity contribution is 5.75. The molecule has 0 aliphatic rings. The molecule has 1 N–H and O–H groups in total. The lowest BCUT2D eigenvalue weighted by Gasteiger charge is -2.11. The van der Waals surface area contributed by atoms with E-state index in [4.69, 9.17) is 4.74 Å². The van der Waals surface area contributed by atoms with Gasteiger partial charge in [0.2, 0.25) is 5.91 Å². The standard InChI is InChI=1S/C17H27NO2/c1-4-11-20-13-16-8-6-5-7-15(16)12-18-17(19)10-9-14(2)3/h5-8,14H,4,9-13H2,1-3H3,(H,18,19). The van der Waals surface area contributed by atoms with Gasteiger partial charge in [-0.05, 0) is 29.9 Å². The summed E-state index contributed by atoms with van der Waals surface area (Å²) in [5.74, 6) is 0.693. The maximum absolute atomic E-state index is 11.8. The van der Waals surface area contributed by atoms with Gasteiger partial charge in [0.15, 0.2) is 0 Å². The fraction of sp³-hybridized carbons (Fsp3) is 0.588. The van der Waals surface area contributed by atoms with Crippen LogP contribution in [0.3, 0.4) is 0 Å². The number of amides is 1. The molecule has 0 aliphatic heterocycles. The lowest BCUT2D eigenvalue weighted by atomic mass is 10.1. The Kier molecular flexibility index (Phi) is 7.97. The molecule has 0 bridgehead atoms. The SMILES string of the molecule is CCCOCc1ccccc1CNC(=O)CCC(C)C. The molecule has 0 saturated heterocycles. The van der Waals surface area contributed by atoms with Crippen molar-refractivity contribution in [1.82, 2.24) is 5.32 Å². The zero-order chi connectivity index (χ0) is 14.8. The maximum atomic E-state index is 11.8. The number of benzene rings is 1. The summed E-state index contributed by atoms with van der Waals surface area (Å²) < 4.78 is 5.58. The van der Waals surface area contributed by atoms with Crippen LogP contribution in [-0.4, -0.2) is 12.5 Å². The number of rotatable bonds is 9. The van der Waals surface area contributed by atoms with Crippen molar-refractivity contribution in [1.29, 1.82) is 0 Å². The Morgan fingerprint density at radius 1 is 1.25 bits per heavy atom. The summed E-state index contributed by atoms with van der Waals surface area (Å²) in [5, 5.41) is 2.99. The number of hydrogen-bond acceptors (Lipinski definition) is 2. The third kappa shape index (κ3) is 6.71. The van der Waals surface area contributed by atoms with Gasteiger partial charge in [0, 0.05) is 19.6 Å². The van der Waals surface area contributed by atoms with E-state index >= 15 is 0 Å². The van der Waals surface area contributed by atoms with Crippen molar-refractivity contribution in [2.24, 2.45) is 5.92 Å². The third-order valence-electron chi connectivity index (χ3n) is 3.15. The van der Waals surface area contributed by atoms with Gasteiger partial charge in [-0.1, -0.05) is 45.0 Å². The van der Waals surface area contributed by atoms with Crippen molar-refractivity contribution in [3.8, 4) is 0 Å². The second kappa shape index (κ2) is 9.54. The van der Waals surface area contributed by atoms with Crippen LogP contribution in [0.1, 0.15) is 51.2 Å². The Balaban J connectivity index is 2.44. The zero-order valence-electron chi connectivity index (χ0n) is 12.9. The van der Waals surface area contributed by atoms with Crippen molar-refractivity contribution in [3.05, 3.63) is 35.4 Å². The Hall–Kier alpha value is -1.35. The lowest BCUT2D eigenvalue weighted by molar-refractivity contribution is -0.121. The molecule has 1 aromatic rings. The Bertz CT molecular complexity index is 402. The molecule has 0 atom stereocenters. The third-order valence-corrected chi connectivity index (χ3v) is 3.15. The van der Waals surface area contributed by atoms with Crippen LogP contribution in [0.15, 0.2) is 24.3 Å². The molecule has 1 amide bonds. The van der Waals surface area contributed by atoms with Crippen LogP contribution in [0.4, 0.5) is 0 Å².